The van der Waals surface area contributed by atoms with Crippen LogP contribution in [-0.2, 0) is 22.8 Å². The molecule has 0 amide bonds. The number of carbonyl (C=O) groups excluding carboxylic acids is 1. The third-order valence-corrected chi connectivity index (χ3v) is 5.07. The van der Waals surface area contributed by atoms with Crippen molar-refractivity contribution in [3.8, 4) is 0 Å². The zero-order valence-electron chi connectivity index (χ0n) is 10.5. The van der Waals surface area contributed by atoms with Gasteiger partial charge in [-0.2, -0.15) is 0 Å². The Morgan fingerprint density at radius 1 is 1.25 bits per heavy atom. The summed E-state index contributed by atoms with van der Waals surface area (Å²) >= 11 is 0. The molecule has 0 saturated heterocycles. The second-order valence-corrected chi connectivity index (χ2v) is 6.49. The van der Waals surface area contributed by atoms with Crippen molar-refractivity contribution in [3.63, 3.8) is 0 Å². The molecule has 0 aliphatic rings. The van der Waals surface area contributed by atoms with E-state index in [0.29, 0.717) is 11.6 Å². The first kappa shape index (κ1) is 15.3. The molecule has 6 heteroatoms. The van der Waals surface area contributed by atoms with E-state index in [9.17, 15) is 4.79 Å². The van der Waals surface area contributed by atoms with Crippen LogP contribution in [-0.4, -0.2) is 42.2 Å². The molecule has 1 unspecified atom stereocenters. The van der Waals surface area contributed by atoms with Crippen molar-refractivity contribution >= 4 is 14.8 Å². The van der Waals surface area contributed by atoms with Gasteiger partial charge in [-0.3, -0.25) is 0 Å². The third kappa shape index (κ3) is 4.44. The second kappa shape index (κ2) is 6.80. The standard InChI is InChI=1S/C10H20O5Si/c1-8(2)10(11)15-9(3)7-16(12-4,13-5)14-6/h9H,1,7H2,2-6H3. The summed E-state index contributed by atoms with van der Waals surface area (Å²) in [5.41, 5.74) is 0.367. The van der Waals surface area contributed by atoms with Crippen molar-refractivity contribution in [1.82, 2.24) is 0 Å². The Kier molecular flexibility index (Phi) is 6.50. The molecule has 16 heavy (non-hydrogen) atoms. The van der Waals surface area contributed by atoms with E-state index in [1.54, 1.807) is 13.8 Å². The molecule has 0 saturated carbocycles. The molecule has 0 N–H and O–H groups in total. The summed E-state index contributed by atoms with van der Waals surface area (Å²) < 4.78 is 20.8. The number of carbonyl (C=O) groups is 1. The first-order valence-corrected chi connectivity index (χ1v) is 6.86. The molecule has 0 aliphatic heterocycles. The van der Waals surface area contributed by atoms with Crippen LogP contribution in [0.25, 0.3) is 0 Å². The topological polar surface area (TPSA) is 54.0 Å². The predicted molar refractivity (Wildman–Crippen MR) is 62.0 cm³/mol. The first-order chi connectivity index (χ1) is 7.40. The van der Waals surface area contributed by atoms with E-state index in [1.165, 1.54) is 21.3 Å². The fourth-order valence-corrected chi connectivity index (χ4v) is 2.96. The van der Waals surface area contributed by atoms with Crippen molar-refractivity contribution in [2.75, 3.05) is 21.3 Å². The van der Waals surface area contributed by atoms with E-state index in [1.807, 2.05) is 0 Å². The molecule has 1 atom stereocenters. The maximum Gasteiger partial charge on any atom is 0.503 e. The highest BCUT2D eigenvalue weighted by Gasteiger charge is 2.40. The maximum absolute atomic E-state index is 11.3. The fraction of sp³-hybridized carbons (Fsp3) is 0.700. The molecule has 0 rings (SSSR count). The SMILES string of the molecule is C=C(C)C(=O)OC(C)C[Si](OC)(OC)OC. The van der Waals surface area contributed by atoms with Crippen LogP contribution in [0.2, 0.25) is 6.04 Å². The quantitative estimate of drug-likeness (QED) is 0.387. The third-order valence-electron chi connectivity index (χ3n) is 2.13. The van der Waals surface area contributed by atoms with Crippen molar-refractivity contribution in [2.45, 2.75) is 26.0 Å². The molecule has 0 heterocycles. The number of hydrogen-bond donors (Lipinski definition) is 0. The minimum absolute atomic E-state index is 0.337. The minimum atomic E-state index is -2.69. The highest BCUT2D eigenvalue weighted by atomic mass is 28.4. The normalized spacial score (nSPS) is 13.3. The lowest BCUT2D eigenvalue weighted by atomic mass is 10.3. The van der Waals surface area contributed by atoms with Gasteiger partial charge in [-0.15, -0.1) is 0 Å². The highest BCUT2D eigenvalue weighted by molar-refractivity contribution is 6.60. The number of rotatable bonds is 7. The Hall–Kier alpha value is -0.693. The van der Waals surface area contributed by atoms with Gasteiger partial charge in [0.25, 0.3) is 0 Å². The fourth-order valence-electron chi connectivity index (χ4n) is 1.18. The summed E-state index contributed by atoms with van der Waals surface area (Å²) in [6, 6.07) is 0.412. The Morgan fingerprint density at radius 2 is 1.69 bits per heavy atom. The number of esters is 1. The van der Waals surface area contributed by atoms with Gasteiger partial charge in [0, 0.05) is 26.9 Å². The molecule has 0 bridgehead atoms. The molecule has 0 aromatic rings. The minimum Gasteiger partial charge on any atom is -0.459 e. The molecule has 0 aliphatic carbocycles. The van der Waals surface area contributed by atoms with Gasteiger partial charge in [-0.25, -0.2) is 4.79 Å². The molecule has 94 valence electrons. The van der Waals surface area contributed by atoms with Gasteiger partial charge in [0.2, 0.25) is 0 Å². The Labute approximate surface area is 97.7 Å². The van der Waals surface area contributed by atoms with Crippen LogP contribution < -0.4 is 0 Å². The lowest BCUT2D eigenvalue weighted by molar-refractivity contribution is -0.142. The Balaban J connectivity index is 4.36. The van der Waals surface area contributed by atoms with Crippen LogP contribution in [0.15, 0.2) is 12.2 Å². The lowest BCUT2D eigenvalue weighted by Crippen LogP contribution is -2.45. The first-order valence-electron chi connectivity index (χ1n) is 4.92. The molecule has 0 spiro atoms. The van der Waals surface area contributed by atoms with Crippen LogP contribution in [0.3, 0.4) is 0 Å². The summed E-state index contributed by atoms with van der Waals surface area (Å²) in [5.74, 6) is -0.418. The van der Waals surface area contributed by atoms with Gasteiger partial charge in [-0.05, 0) is 13.8 Å². The van der Waals surface area contributed by atoms with Gasteiger partial charge in [-0.1, -0.05) is 6.58 Å². The number of hydrogen-bond acceptors (Lipinski definition) is 5. The molecule has 0 aromatic carbocycles. The van der Waals surface area contributed by atoms with E-state index >= 15 is 0 Å². The average molecular weight is 248 g/mol. The zero-order valence-corrected chi connectivity index (χ0v) is 11.5. The van der Waals surface area contributed by atoms with Crippen LogP contribution in [0.4, 0.5) is 0 Å². The Bertz CT molecular complexity index is 241. The molecule has 0 radical (unpaired) electrons. The van der Waals surface area contributed by atoms with Crippen LogP contribution >= 0.6 is 0 Å². The van der Waals surface area contributed by atoms with E-state index in [2.05, 4.69) is 6.58 Å². The van der Waals surface area contributed by atoms with Crippen molar-refractivity contribution in [3.05, 3.63) is 12.2 Å². The van der Waals surface area contributed by atoms with Gasteiger partial charge in [0.05, 0.1) is 6.04 Å². The van der Waals surface area contributed by atoms with E-state index in [-0.39, 0.29) is 6.10 Å². The summed E-state index contributed by atoms with van der Waals surface area (Å²) in [5, 5.41) is 0. The summed E-state index contributed by atoms with van der Waals surface area (Å²) in [7, 11) is 1.87. The van der Waals surface area contributed by atoms with Gasteiger partial charge >= 0.3 is 14.8 Å². The highest BCUT2D eigenvalue weighted by Crippen LogP contribution is 2.17. The maximum atomic E-state index is 11.3. The van der Waals surface area contributed by atoms with Crippen LogP contribution in [0.5, 0.6) is 0 Å². The van der Waals surface area contributed by atoms with Crippen molar-refractivity contribution < 1.29 is 22.8 Å². The Morgan fingerprint density at radius 3 is 2.00 bits per heavy atom. The largest absolute Gasteiger partial charge is 0.503 e. The lowest BCUT2D eigenvalue weighted by Gasteiger charge is -2.26. The van der Waals surface area contributed by atoms with Gasteiger partial charge < -0.3 is 18.0 Å². The van der Waals surface area contributed by atoms with Gasteiger partial charge in [0.1, 0.15) is 6.10 Å². The summed E-state index contributed by atoms with van der Waals surface area (Å²) in [6.45, 7) is 6.87. The molecule has 5 nitrogen and oxygen atoms in total. The van der Waals surface area contributed by atoms with Crippen LogP contribution in [0, 0.1) is 0 Å². The van der Waals surface area contributed by atoms with E-state index in [0.717, 1.165) is 0 Å². The van der Waals surface area contributed by atoms with Crippen LogP contribution in [0.1, 0.15) is 13.8 Å². The molecular weight excluding hydrogens is 228 g/mol. The van der Waals surface area contributed by atoms with Gasteiger partial charge in [0.15, 0.2) is 0 Å². The van der Waals surface area contributed by atoms with Crippen molar-refractivity contribution in [2.24, 2.45) is 0 Å². The monoisotopic (exact) mass is 248 g/mol. The van der Waals surface area contributed by atoms with E-state index in [4.69, 9.17) is 18.0 Å². The second-order valence-electron chi connectivity index (χ2n) is 3.50. The molecular formula is C10H20O5Si. The predicted octanol–water partition coefficient (Wildman–Crippen LogP) is 1.37. The van der Waals surface area contributed by atoms with Crippen molar-refractivity contribution in [1.29, 1.82) is 0 Å². The zero-order chi connectivity index (χ0) is 12.8. The number of ether oxygens (including phenoxy) is 1. The molecule has 0 fully saturated rings. The van der Waals surface area contributed by atoms with E-state index < -0.39 is 14.8 Å². The average Bonchev–Trinajstić information content (AvgIpc) is 2.26. The smallest absolute Gasteiger partial charge is 0.459 e. The summed E-state index contributed by atoms with van der Waals surface area (Å²) in [4.78, 5) is 11.3. The molecule has 0 aromatic heterocycles. The summed E-state index contributed by atoms with van der Waals surface area (Å²) in [6.07, 6.45) is -0.337.